The van der Waals surface area contributed by atoms with Gasteiger partial charge in [-0.1, -0.05) is 45.3 Å². The van der Waals surface area contributed by atoms with Crippen molar-refractivity contribution < 1.29 is 4.39 Å². The SMILES string of the molecule is Fc1cccc(C2CC(c3cccc(Br)c3)=Nc3nnnn32)c1. The molecule has 0 aliphatic carbocycles. The van der Waals surface area contributed by atoms with Crippen molar-refractivity contribution in [2.24, 2.45) is 4.99 Å². The Balaban J connectivity index is 1.80. The topological polar surface area (TPSA) is 56.0 Å². The molecule has 0 spiro atoms. The number of fused-ring (bicyclic) bond motifs is 1. The minimum Gasteiger partial charge on any atom is -0.214 e. The minimum atomic E-state index is -0.274. The van der Waals surface area contributed by atoms with Crippen molar-refractivity contribution in [2.45, 2.75) is 12.5 Å². The fourth-order valence-electron chi connectivity index (χ4n) is 2.72. The Morgan fingerprint density at radius 2 is 2.00 bits per heavy atom. The highest BCUT2D eigenvalue weighted by Crippen LogP contribution is 2.32. The first kappa shape index (κ1) is 14.2. The minimum absolute atomic E-state index is 0.179. The van der Waals surface area contributed by atoms with Gasteiger partial charge in [0.25, 0.3) is 5.95 Å². The summed E-state index contributed by atoms with van der Waals surface area (Å²) in [5.74, 6) is 0.157. The van der Waals surface area contributed by atoms with Gasteiger partial charge in [0, 0.05) is 10.9 Å². The molecular formula is C16H11BrFN5. The largest absolute Gasteiger partial charge is 0.269 e. The molecule has 114 valence electrons. The second kappa shape index (κ2) is 5.66. The van der Waals surface area contributed by atoms with E-state index in [1.807, 2.05) is 30.3 Å². The molecule has 1 aliphatic heterocycles. The molecule has 2 heterocycles. The number of rotatable bonds is 2. The summed E-state index contributed by atoms with van der Waals surface area (Å²) in [4.78, 5) is 4.54. The first-order chi connectivity index (χ1) is 11.2. The molecule has 0 bridgehead atoms. The maximum atomic E-state index is 13.6. The van der Waals surface area contributed by atoms with E-state index in [2.05, 4.69) is 36.4 Å². The number of aliphatic imine (C=N–C) groups is 1. The fourth-order valence-corrected chi connectivity index (χ4v) is 3.12. The summed E-state index contributed by atoms with van der Waals surface area (Å²) in [6.07, 6.45) is 0.595. The van der Waals surface area contributed by atoms with Gasteiger partial charge in [0.15, 0.2) is 0 Å². The molecule has 2 aromatic carbocycles. The Morgan fingerprint density at radius 1 is 1.13 bits per heavy atom. The van der Waals surface area contributed by atoms with Crippen LogP contribution in [0, 0.1) is 5.82 Å². The number of aromatic nitrogens is 4. The van der Waals surface area contributed by atoms with Crippen LogP contribution < -0.4 is 0 Å². The molecule has 0 N–H and O–H groups in total. The quantitative estimate of drug-likeness (QED) is 0.690. The molecule has 23 heavy (non-hydrogen) atoms. The molecule has 0 amide bonds. The van der Waals surface area contributed by atoms with E-state index in [4.69, 9.17) is 0 Å². The van der Waals surface area contributed by atoms with Crippen LogP contribution in [0.3, 0.4) is 0 Å². The Labute approximate surface area is 140 Å². The second-order valence-electron chi connectivity index (χ2n) is 5.27. The van der Waals surface area contributed by atoms with Gasteiger partial charge < -0.3 is 0 Å². The van der Waals surface area contributed by atoms with Crippen molar-refractivity contribution in [3.8, 4) is 0 Å². The number of halogens is 2. The molecule has 3 aromatic rings. The summed E-state index contributed by atoms with van der Waals surface area (Å²) in [6, 6.07) is 14.2. The standard InChI is InChI=1S/C16H11BrFN5/c17-12-5-1-3-10(7-12)14-9-15(11-4-2-6-13(18)8-11)23-16(19-14)20-21-22-23/h1-8,15H,9H2. The highest BCUT2D eigenvalue weighted by atomic mass is 79.9. The molecule has 7 heteroatoms. The van der Waals surface area contributed by atoms with E-state index < -0.39 is 0 Å². The first-order valence-corrected chi connectivity index (χ1v) is 7.87. The maximum absolute atomic E-state index is 13.6. The Bertz CT molecular complexity index is 905. The monoisotopic (exact) mass is 371 g/mol. The van der Waals surface area contributed by atoms with E-state index in [0.29, 0.717) is 12.4 Å². The zero-order valence-corrected chi connectivity index (χ0v) is 13.5. The van der Waals surface area contributed by atoms with Gasteiger partial charge in [0.1, 0.15) is 5.82 Å². The molecule has 4 rings (SSSR count). The summed E-state index contributed by atoms with van der Waals surface area (Å²) < 4.78 is 16.2. The van der Waals surface area contributed by atoms with Crippen LogP contribution in [0.25, 0.3) is 0 Å². The van der Waals surface area contributed by atoms with Gasteiger partial charge >= 0.3 is 0 Å². The second-order valence-corrected chi connectivity index (χ2v) is 6.18. The van der Waals surface area contributed by atoms with E-state index >= 15 is 0 Å². The van der Waals surface area contributed by atoms with Crippen LogP contribution in [-0.4, -0.2) is 25.9 Å². The number of nitrogens with zero attached hydrogens (tertiary/aromatic N) is 5. The van der Waals surface area contributed by atoms with Crippen molar-refractivity contribution in [3.05, 3.63) is 69.9 Å². The number of hydrogen-bond acceptors (Lipinski definition) is 4. The summed E-state index contributed by atoms with van der Waals surface area (Å²) in [5.41, 5.74) is 2.69. The highest BCUT2D eigenvalue weighted by molar-refractivity contribution is 9.10. The molecule has 0 fully saturated rings. The van der Waals surface area contributed by atoms with Crippen LogP contribution in [-0.2, 0) is 0 Å². The summed E-state index contributed by atoms with van der Waals surface area (Å²) in [5, 5.41) is 11.7. The van der Waals surface area contributed by atoms with E-state index in [1.165, 1.54) is 12.1 Å². The van der Waals surface area contributed by atoms with E-state index in [1.54, 1.807) is 10.7 Å². The number of hydrogen-bond donors (Lipinski definition) is 0. The Morgan fingerprint density at radius 3 is 2.83 bits per heavy atom. The molecule has 0 saturated heterocycles. The van der Waals surface area contributed by atoms with Crippen molar-refractivity contribution in [3.63, 3.8) is 0 Å². The summed E-state index contributed by atoms with van der Waals surface area (Å²) >= 11 is 3.47. The molecule has 0 saturated carbocycles. The van der Waals surface area contributed by atoms with Gasteiger partial charge in [0.05, 0.1) is 11.8 Å². The molecule has 1 unspecified atom stereocenters. The average molecular weight is 372 g/mol. The Kier molecular flexibility index (Phi) is 3.49. The molecule has 1 aromatic heterocycles. The third kappa shape index (κ3) is 2.68. The van der Waals surface area contributed by atoms with Crippen LogP contribution in [0.1, 0.15) is 23.6 Å². The van der Waals surface area contributed by atoms with Crippen molar-refractivity contribution in [1.29, 1.82) is 0 Å². The summed E-state index contributed by atoms with van der Waals surface area (Å²) in [6.45, 7) is 0. The van der Waals surface area contributed by atoms with Gasteiger partial charge in [-0.15, -0.1) is 0 Å². The normalized spacial score (nSPS) is 16.8. The lowest BCUT2D eigenvalue weighted by Gasteiger charge is -2.23. The lowest BCUT2D eigenvalue weighted by molar-refractivity contribution is 0.510. The lowest BCUT2D eigenvalue weighted by atomic mass is 9.96. The van der Waals surface area contributed by atoms with Crippen LogP contribution in [0.5, 0.6) is 0 Å². The van der Waals surface area contributed by atoms with Crippen molar-refractivity contribution >= 4 is 27.6 Å². The van der Waals surface area contributed by atoms with Crippen molar-refractivity contribution in [2.75, 3.05) is 0 Å². The average Bonchev–Trinajstić information content (AvgIpc) is 3.02. The van der Waals surface area contributed by atoms with E-state index in [9.17, 15) is 4.39 Å². The predicted molar refractivity (Wildman–Crippen MR) is 87.3 cm³/mol. The summed E-state index contributed by atoms with van der Waals surface area (Å²) in [7, 11) is 0. The molecule has 1 atom stereocenters. The van der Waals surface area contributed by atoms with Gasteiger partial charge in [-0.05, 0) is 45.8 Å². The molecule has 1 aliphatic rings. The van der Waals surface area contributed by atoms with E-state index in [0.717, 1.165) is 21.3 Å². The highest BCUT2D eigenvalue weighted by Gasteiger charge is 2.27. The van der Waals surface area contributed by atoms with Crippen molar-refractivity contribution in [1.82, 2.24) is 20.2 Å². The molecular weight excluding hydrogens is 361 g/mol. The third-order valence-electron chi connectivity index (χ3n) is 3.78. The van der Waals surface area contributed by atoms with Gasteiger partial charge in [-0.2, -0.15) is 0 Å². The van der Waals surface area contributed by atoms with Gasteiger partial charge in [-0.3, -0.25) is 0 Å². The number of benzene rings is 2. The van der Waals surface area contributed by atoms with Crippen LogP contribution in [0.2, 0.25) is 0 Å². The zero-order valence-electron chi connectivity index (χ0n) is 11.9. The first-order valence-electron chi connectivity index (χ1n) is 7.07. The number of tetrazole rings is 1. The molecule has 0 radical (unpaired) electrons. The smallest absolute Gasteiger partial charge is 0.214 e. The fraction of sp³-hybridized carbons (Fsp3) is 0.125. The van der Waals surface area contributed by atoms with Crippen LogP contribution >= 0.6 is 15.9 Å². The maximum Gasteiger partial charge on any atom is 0.269 e. The Hall–Kier alpha value is -2.41. The molecule has 5 nitrogen and oxygen atoms in total. The lowest BCUT2D eigenvalue weighted by Crippen LogP contribution is -2.21. The van der Waals surface area contributed by atoms with Crippen LogP contribution in [0.4, 0.5) is 10.3 Å². The van der Waals surface area contributed by atoms with Crippen LogP contribution in [0.15, 0.2) is 58.0 Å². The van der Waals surface area contributed by atoms with E-state index in [-0.39, 0.29) is 11.9 Å². The van der Waals surface area contributed by atoms with Gasteiger partial charge in [0.2, 0.25) is 0 Å². The third-order valence-corrected chi connectivity index (χ3v) is 4.28. The zero-order chi connectivity index (χ0) is 15.8. The predicted octanol–water partition coefficient (Wildman–Crippen LogP) is 3.69. The van der Waals surface area contributed by atoms with Gasteiger partial charge in [-0.25, -0.2) is 14.1 Å².